The molecule has 5 heteroatoms. The normalized spacial score (nSPS) is 34.4. The Morgan fingerprint density at radius 2 is 2.45 bits per heavy atom. The fraction of sp³-hybridized carbons (Fsp3) is 0.667. The first-order valence-corrected chi connectivity index (χ1v) is 3.34. The Hall–Kier alpha value is -1.10. The van der Waals surface area contributed by atoms with E-state index in [4.69, 9.17) is 14.7 Å². The maximum Gasteiger partial charge on any atom is 0.354 e. The number of nitrogens with zero attached hydrogens (tertiary/aromatic N) is 1. The summed E-state index contributed by atoms with van der Waals surface area (Å²) in [6.45, 7) is 0.862. The van der Waals surface area contributed by atoms with Gasteiger partial charge in [0.15, 0.2) is 11.8 Å². The van der Waals surface area contributed by atoms with Gasteiger partial charge in [0.2, 0.25) is 0 Å². The number of aliphatic carboxylic acids is 1. The number of carbonyl (C=O) groups is 1. The van der Waals surface area contributed by atoms with Crippen LogP contribution in [-0.4, -0.2) is 36.1 Å². The van der Waals surface area contributed by atoms with E-state index in [2.05, 4.69) is 5.16 Å². The molecule has 2 heterocycles. The molecule has 2 aliphatic rings. The maximum absolute atomic E-state index is 10.5. The summed E-state index contributed by atoms with van der Waals surface area (Å²) in [5, 5.41) is 12.1. The van der Waals surface area contributed by atoms with E-state index < -0.39 is 5.97 Å². The van der Waals surface area contributed by atoms with Gasteiger partial charge in [0, 0.05) is 0 Å². The molecule has 1 fully saturated rings. The lowest BCUT2D eigenvalue weighted by atomic mass is 10.0. The third-order valence-corrected chi connectivity index (χ3v) is 1.89. The molecule has 0 aromatic rings. The van der Waals surface area contributed by atoms with Gasteiger partial charge in [-0.25, -0.2) is 4.79 Å². The van der Waals surface area contributed by atoms with Gasteiger partial charge in [-0.15, -0.1) is 0 Å². The number of carboxylic acids is 1. The Morgan fingerprint density at radius 1 is 1.64 bits per heavy atom. The maximum atomic E-state index is 10.5. The van der Waals surface area contributed by atoms with E-state index in [9.17, 15) is 4.79 Å². The second-order valence-electron chi connectivity index (χ2n) is 2.57. The second kappa shape index (κ2) is 2.20. The summed E-state index contributed by atoms with van der Waals surface area (Å²) >= 11 is 0. The van der Waals surface area contributed by atoms with Crippen LogP contribution in [0.15, 0.2) is 5.16 Å². The van der Waals surface area contributed by atoms with Gasteiger partial charge in [0.05, 0.1) is 19.1 Å². The molecular weight excluding hydrogens is 150 g/mol. The van der Waals surface area contributed by atoms with E-state index in [1.807, 2.05) is 0 Å². The van der Waals surface area contributed by atoms with Gasteiger partial charge in [0.1, 0.15) is 0 Å². The second-order valence-corrected chi connectivity index (χ2v) is 2.57. The van der Waals surface area contributed by atoms with Gasteiger partial charge >= 0.3 is 5.97 Å². The van der Waals surface area contributed by atoms with E-state index in [0.29, 0.717) is 13.2 Å². The van der Waals surface area contributed by atoms with Crippen LogP contribution in [0.4, 0.5) is 0 Å². The average molecular weight is 157 g/mol. The Bertz CT molecular complexity index is 225. The molecule has 5 nitrogen and oxygen atoms in total. The molecule has 0 aliphatic carbocycles. The Morgan fingerprint density at radius 3 is 3.18 bits per heavy atom. The van der Waals surface area contributed by atoms with Crippen LogP contribution in [0.3, 0.4) is 0 Å². The number of rotatable bonds is 1. The van der Waals surface area contributed by atoms with Crippen molar-refractivity contribution in [2.45, 2.75) is 6.10 Å². The fourth-order valence-corrected chi connectivity index (χ4v) is 1.28. The highest BCUT2D eigenvalue weighted by atomic mass is 16.7. The van der Waals surface area contributed by atoms with Crippen LogP contribution in [0.25, 0.3) is 0 Å². The smallest absolute Gasteiger partial charge is 0.354 e. The van der Waals surface area contributed by atoms with Crippen molar-refractivity contribution < 1.29 is 19.5 Å². The van der Waals surface area contributed by atoms with Crippen LogP contribution in [0.5, 0.6) is 0 Å². The molecule has 11 heavy (non-hydrogen) atoms. The highest BCUT2D eigenvalue weighted by Gasteiger charge is 2.42. The van der Waals surface area contributed by atoms with E-state index >= 15 is 0 Å². The number of fused-ring (bicyclic) bond motifs is 1. The molecule has 0 aromatic heterocycles. The van der Waals surface area contributed by atoms with Crippen molar-refractivity contribution >= 4 is 11.7 Å². The van der Waals surface area contributed by atoms with E-state index in [1.54, 1.807) is 0 Å². The minimum absolute atomic E-state index is 0.0903. The van der Waals surface area contributed by atoms with Gasteiger partial charge in [-0.1, -0.05) is 5.16 Å². The Labute approximate surface area is 62.6 Å². The summed E-state index contributed by atoms with van der Waals surface area (Å²) in [4.78, 5) is 15.3. The molecular formula is C6H7NO4. The topological polar surface area (TPSA) is 68.1 Å². The summed E-state index contributed by atoms with van der Waals surface area (Å²) in [5.74, 6) is -1.17. The molecule has 60 valence electrons. The van der Waals surface area contributed by atoms with Crippen LogP contribution in [0.2, 0.25) is 0 Å². The Balaban J connectivity index is 2.18. The zero-order valence-corrected chi connectivity index (χ0v) is 5.69. The predicted molar refractivity (Wildman–Crippen MR) is 34.3 cm³/mol. The van der Waals surface area contributed by atoms with Gasteiger partial charge in [-0.3, -0.25) is 0 Å². The lowest BCUT2D eigenvalue weighted by molar-refractivity contribution is -0.129. The van der Waals surface area contributed by atoms with Crippen molar-refractivity contribution in [1.29, 1.82) is 0 Å². The first-order valence-electron chi connectivity index (χ1n) is 3.34. The highest BCUT2D eigenvalue weighted by Crippen LogP contribution is 2.24. The standard InChI is InChI=1S/C6H7NO4/c8-6(9)5-3-1-10-2-4(3)11-7-5/h3-4H,1-2H2,(H,8,9)/t3-,4+/m0/s1. The van der Waals surface area contributed by atoms with Crippen molar-refractivity contribution in [1.82, 2.24) is 0 Å². The molecule has 2 atom stereocenters. The quantitative estimate of drug-likeness (QED) is 0.555. The van der Waals surface area contributed by atoms with Crippen molar-refractivity contribution in [3.8, 4) is 0 Å². The van der Waals surface area contributed by atoms with Crippen molar-refractivity contribution in [3.63, 3.8) is 0 Å². The number of carboxylic acid groups (broad SMARTS) is 1. The van der Waals surface area contributed by atoms with Gasteiger partial charge in [-0.05, 0) is 0 Å². The number of hydrogen-bond donors (Lipinski definition) is 1. The first kappa shape index (κ1) is 6.60. The molecule has 1 saturated heterocycles. The summed E-state index contributed by atoms with van der Waals surface area (Å²) in [7, 11) is 0. The van der Waals surface area contributed by atoms with Gasteiger partial charge < -0.3 is 14.7 Å². The lowest BCUT2D eigenvalue weighted by Crippen LogP contribution is -2.26. The fourth-order valence-electron chi connectivity index (χ4n) is 1.28. The van der Waals surface area contributed by atoms with Crippen LogP contribution >= 0.6 is 0 Å². The average Bonchev–Trinajstić information content (AvgIpc) is 2.41. The number of ether oxygens (including phenoxy) is 1. The van der Waals surface area contributed by atoms with Crippen LogP contribution in [0.1, 0.15) is 0 Å². The molecule has 1 N–H and O–H groups in total. The molecule has 0 saturated carbocycles. The summed E-state index contributed by atoms with van der Waals surface area (Å²) in [5.41, 5.74) is 0.0903. The molecule has 2 aliphatic heterocycles. The minimum Gasteiger partial charge on any atom is -0.477 e. The highest BCUT2D eigenvalue weighted by molar-refractivity contribution is 6.36. The third-order valence-electron chi connectivity index (χ3n) is 1.89. The first-order chi connectivity index (χ1) is 5.29. The molecule has 0 unspecified atom stereocenters. The molecule has 0 radical (unpaired) electrons. The molecule has 0 aromatic carbocycles. The largest absolute Gasteiger partial charge is 0.477 e. The number of hydrogen-bond acceptors (Lipinski definition) is 4. The third kappa shape index (κ3) is 0.883. The van der Waals surface area contributed by atoms with Crippen LogP contribution in [0, 0.1) is 5.92 Å². The monoisotopic (exact) mass is 157 g/mol. The van der Waals surface area contributed by atoms with Crippen LogP contribution in [-0.2, 0) is 14.4 Å². The van der Waals surface area contributed by atoms with E-state index in [-0.39, 0.29) is 17.7 Å². The van der Waals surface area contributed by atoms with E-state index in [1.165, 1.54) is 0 Å². The summed E-state index contributed by atoms with van der Waals surface area (Å²) < 4.78 is 5.02. The zero-order valence-electron chi connectivity index (χ0n) is 5.69. The molecule has 0 spiro atoms. The minimum atomic E-state index is -1.01. The van der Waals surface area contributed by atoms with Crippen molar-refractivity contribution in [2.24, 2.45) is 11.1 Å². The lowest BCUT2D eigenvalue weighted by Gasteiger charge is -2.01. The summed E-state index contributed by atoms with van der Waals surface area (Å²) in [6.07, 6.45) is -0.166. The number of oxime groups is 1. The van der Waals surface area contributed by atoms with Crippen molar-refractivity contribution in [3.05, 3.63) is 0 Å². The zero-order chi connectivity index (χ0) is 7.84. The predicted octanol–water partition coefficient (Wildman–Crippen LogP) is -0.528. The molecule has 0 bridgehead atoms. The van der Waals surface area contributed by atoms with Crippen molar-refractivity contribution in [2.75, 3.05) is 13.2 Å². The SMILES string of the molecule is O=C(O)C1=NO[C@@H]2COC[C@H]12. The van der Waals surface area contributed by atoms with Crippen LogP contribution < -0.4 is 0 Å². The molecule has 0 amide bonds. The van der Waals surface area contributed by atoms with Gasteiger partial charge in [-0.2, -0.15) is 0 Å². The van der Waals surface area contributed by atoms with E-state index in [0.717, 1.165) is 0 Å². The molecule has 2 rings (SSSR count). The van der Waals surface area contributed by atoms with Gasteiger partial charge in [0.25, 0.3) is 0 Å². The summed E-state index contributed by atoms with van der Waals surface area (Å²) in [6, 6.07) is 0. The Kier molecular flexibility index (Phi) is 1.32.